The summed E-state index contributed by atoms with van der Waals surface area (Å²) < 4.78 is 5.85. The minimum atomic E-state index is -0.104. The number of nitrogens with zero attached hydrogens (tertiary/aromatic N) is 3. The number of benzene rings is 1. The summed E-state index contributed by atoms with van der Waals surface area (Å²) in [5.74, 6) is 1.01. The molecule has 1 N–H and O–H groups in total. The smallest absolute Gasteiger partial charge is 0.156 e. The molecule has 1 fully saturated rings. The number of hydrogen-bond donors (Lipinski definition) is 1. The van der Waals surface area contributed by atoms with Gasteiger partial charge in [0.1, 0.15) is 0 Å². The van der Waals surface area contributed by atoms with Crippen LogP contribution in [0.3, 0.4) is 0 Å². The van der Waals surface area contributed by atoms with Crippen LogP contribution in [0, 0.1) is 6.92 Å². The van der Waals surface area contributed by atoms with Crippen LogP contribution in [0.1, 0.15) is 56.5 Å². The summed E-state index contributed by atoms with van der Waals surface area (Å²) >= 11 is 0. The fourth-order valence-corrected chi connectivity index (χ4v) is 4.09. The first kappa shape index (κ1) is 18.8. The normalized spacial score (nSPS) is 20.1. The van der Waals surface area contributed by atoms with Crippen LogP contribution in [0.15, 0.2) is 42.6 Å². The van der Waals surface area contributed by atoms with Crippen LogP contribution < -0.4 is 5.32 Å². The van der Waals surface area contributed by atoms with Crippen molar-refractivity contribution in [1.29, 1.82) is 0 Å². The van der Waals surface area contributed by atoms with E-state index in [9.17, 15) is 0 Å². The van der Waals surface area contributed by atoms with Crippen molar-refractivity contribution in [3.63, 3.8) is 0 Å². The number of rotatable bonds is 4. The molecule has 0 aliphatic carbocycles. The van der Waals surface area contributed by atoms with Gasteiger partial charge in [-0.05, 0) is 51.3 Å². The van der Waals surface area contributed by atoms with Crippen molar-refractivity contribution in [2.45, 2.75) is 58.1 Å². The van der Waals surface area contributed by atoms with Crippen LogP contribution in [0.2, 0.25) is 0 Å². The third-order valence-electron chi connectivity index (χ3n) is 5.58. The Balaban J connectivity index is 1.69. The fraction of sp³-hybridized carbons (Fsp3) is 0.435. The number of aromatic nitrogens is 3. The van der Waals surface area contributed by atoms with E-state index < -0.39 is 0 Å². The highest BCUT2D eigenvalue weighted by molar-refractivity contribution is 5.93. The molecule has 0 spiro atoms. The Morgan fingerprint density at radius 2 is 1.93 bits per heavy atom. The molecule has 2 aromatic heterocycles. The van der Waals surface area contributed by atoms with Crippen molar-refractivity contribution in [2.24, 2.45) is 0 Å². The SMILES string of the molecule is Cc1cc(C(C)c2nnc(NC3CCOC(C)(C)C3)c3ccccc23)ccn1. The Kier molecular flexibility index (Phi) is 5.02. The molecule has 146 valence electrons. The maximum absolute atomic E-state index is 5.85. The largest absolute Gasteiger partial charge is 0.375 e. The van der Waals surface area contributed by atoms with Crippen LogP contribution in [-0.2, 0) is 4.74 Å². The van der Waals surface area contributed by atoms with Gasteiger partial charge in [-0.3, -0.25) is 4.98 Å². The van der Waals surface area contributed by atoms with Crippen molar-refractivity contribution in [1.82, 2.24) is 15.2 Å². The highest BCUT2D eigenvalue weighted by atomic mass is 16.5. The van der Waals surface area contributed by atoms with Gasteiger partial charge in [0.25, 0.3) is 0 Å². The van der Waals surface area contributed by atoms with Crippen molar-refractivity contribution in [3.05, 3.63) is 59.5 Å². The van der Waals surface area contributed by atoms with Crippen molar-refractivity contribution < 1.29 is 4.74 Å². The first-order chi connectivity index (χ1) is 13.4. The molecule has 2 unspecified atom stereocenters. The molecule has 1 aliphatic heterocycles. The molecule has 4 rings (SSSR count). The van der Waals surface area contributed by atoms with Gasteiger partial charge in [0.2, 0.25) is 0 Å². The lowest BCUT2D eigenvalue weighted by Crippen LogP contribution is -2.40. The zero-order valence-corrected chi connectivity index (χ0v) is 17.1. The standard InChI is InChI=1S/C23H28N4O/c1-15-13-17(9-11-24-15)16(2)21-19-7-5-6-8-20(19)22(27-26-21)25-18-10-12-28-23(3,4)14-18/h5-9,11,13,16,18H,10,12,14H2,1-4H3,(H,25,27). The molecule has 1 aromatic carbocycles. The van der Waals surface area contributed by atoms with Gasteiger partial charge in [-0.2, -0.15) is 5.10 Å². The van der Waals surface area contributed by atoms with E-state index in [1.807, 2.05) is 13.1 Å². The van der Waals surface area contributed by atoms with E-state index in [1.165, 1.54) is 5.56 Å². The summed E-state index contributed by atoms with van der Waals surface area (Å²) in [6.45, 7) is 9.26. The first-order valence-corrected chi connectivity index (χ1v) is 10.0. The first-order valence-electron chi connectivity index (χ1n) is 10.0. The summed E-state index contributed by atoms with van der Waals surface area (Å²) in [5.41, 5.74) is 3.12. The summed E-state index contributed by atoms with van der Waals surface area (Å²) in [6.07, 6.45) is 3.80. The number of anilines is 1. The molecule has 28 heavy (non-hydrogen) atoms. The average Bonchev–Trinajstić information content (AvgIpc) is 2.67. The van der Waals surface area contributed by atoms with Crippen molar-refractivity contribution >= 4 is 16.6 Å². The molecule has 3 heterocycles. The van der Waals surface area contributed by atoms with E-state index in [1.54, 1.807) is 0 Å². The van der Waals surface area contributed by atoms with Crippen molar-refractivity contribution in [2.75, 3.05) is 11.9 Å². The van der Waals surface area contributed by atoms with E-state index in [-0.39, 0.29) is 11.5 Å². The van der Waals surface area contributed by atoms with Gasteiger partial charge in [0.05, 0.1) is 11.3 Å². The van der Waals surface area contributed by atoms with Gasteiger partial charge in [-0.15, -0.1) is 5.10 Å². The second-order valence-corrected chi connectivity index (χ2v) is 8.37. The molecule has 1 aliphatic rings. The number of hydrogen-bond acceptors (Lipinski definition) is 5. The third kappa shape index (κ3) is 3.85. The zero-order chi connectivity index (χ0) is 19.7. The van der Waals surface area contributed by atoms with E-state index in [0.29, 0.717) is 6.04 Å². The molecule has 3 aromatic rings. The van der Waals surface area contributed by atoms with E-state index in [2.05, 4.69) is 77.7 Å². The Labute approximate surface area is 166 Å². The highest BCUT2D eigenvalue weighted by Gasteiger charge is 2.29. The lowest BCUT2D eigenvalue weighted by molar-refractivity contribution is -0.0553. The number of ether oxygens (including phenoxy) is 1. The van der Waals surface area contributed by atoms with Crippen molar-refractivity contribution in [3.8, 4) is 0 Å². The topological polar surface area (TPSA) is 59.9 Å². The highest BCUT2D eigenvalue weighted by Crippen LogP contribution is 2.33. The van der Waals surface area contributed by atoms with E-state index >= 15 is 0 Å². The quantitative estimate of drug-likeness (QED) is 0.705. The van der Waals surface area contributed by atoms with Gasteiger partial charge in [-0.25, -0.2) is 0 Å². The van der Waals surface area contributed by atoms with Crippen LogP contribution in [0.25, 0.3) is 10.8 Å². The van der Waals surface area contributed by atoms with E-state index in [4.69, 9.17) is 4.74 Å². The Morgan fingerprint density at radius 3 is 2.68 bits per heavy atom. The van der Waals surface area contributed by atoms with Gasteiger partial charge >= 0.3 is 0 Å². The van der Waals surface area contributed by atoms with Gasteiger partial charge < -0.3 is 10.1 Å². The molecule has 5 nitrogen and oxygen atoms in total. The maximum atomic E-state index is 5.85. The molecule has 0 saturated carbocycles. The molecule has 0 bridgehead atoms. The fourth-order valence-electron chi connectivity index (χ4n) is 4.09. The Hall–Kier alpha value is -2.53. The monoisotopic (exact) mass is 376 g/mol. The van der Waals surface area contributed by atoms with Gasteiger partial charge in [0, 0.05) is 41.2 Å². The lowest BCUT2D eigenvalue weighted by atomic mass is 9.93. The molecule has 0 radical (unpaired) electrons. The zero-order valence-electron chi connectivity index (χ0n) is 17.1. The molecule has 0 amide bonds. The lowest BCUT2D eigenvalue weighted by Gasteiger charge is -2.36. The molecule has 1 saturated heterocycles. The summed E-state index contributed by atoms with van der Waals surface area (Å²) in [5, 5.41) is 15.1. The predicted octanol–water partition coefficient (Wildman–Crippen LogP) is 4.85. The van der Waals surface area contributed by atoms with E-state index in [0.717, 1.165) is 47.4 Å². The Morgan fingerprint density at radius 1 is 1.14 bits per heavy atom. The minimum Gasteiger partial charge on any atom is -0.375 e. The molecule has 5 heteroatoms. The second kappa shape index (κ2) is 7.47. The Bertz CT molecular complexity index is 985. The number of nitrogens with one attached hydrogen (secondary N) is 1. The van der Waals surface area contributed by atoms with Gasteiger partial charge in [-0.1, -0.05) is 31.2 Å². The van der Waals surface area contributed by atoms with Crippen LogP contribution in [0.4, 0.5) is 5.82 Å². The van der Waals surface area contributed by atoms with Gasteiger partial charge in [0.15, 0.2) is 5.82 Å². The van der Waals surface area contributed by atoms with Crippen LogP contribution in [0.5, 0.6) is 0 Å². The molecule has 2 atom stereocenters. The molecular formula is C23H28N4O. The predicted molar refractivity (Wildman–Crippen MR) is 113 cm³/mol. The average molecular weight is 377 g/mol. The summed E-state index contributed by atoms with van der Waals surface area (Å²) in [4.78, 5) is 4.31. The summed E-state index contributed by atoms with van der Waals surface area (Å²) in [6, 6.07) is 12.9. The third-order valence-corrected chi connectivity index (χ3v) is 5.58. The van der Waals surface area contributed by atoms with Crippen LogP contribution >= 0.6 is 0 Å². The summed E-state index contributed by atoms with van der Waals surface area (Å²) in [7, 11) is 0. The maximum Gasteiger partial charge on any atom is 0.156 e. The number of aryl methyl sites for hydroxylation is 1. The molecular weight excluding hydrogens is 348 g/mol. The van der Waals surface area contributed by atoms with Crippen LogP contribution in [-0.4, -0.2) is 33.4 Å². The minimum absolute atomic E-state index is 0.104. The number of fused-ring (bicyclic) bond motifs is 1. The second-order valence-electron chi connectivity index (χ2n) is 8.37. The number of pyridine rings is 1.